The third-order valence-corrected chi connectivity index (χ3v) is 8.29. The molecule has 0 aliphatic heterocycles. The van der Waals surface area contributed by atoms with Crippen molar-refractivity contribution < 1.29 is 34.2 Å². The largest absolute Gasteiger partial charge is 0.544 e. The van der Waals surface area contributed by atoms with Gasteiger partial charge in [-0.1, -0.05) is 115 Å². The molecule has 3 atom stereocenters. The first-order valence-electron chi connectivity index (χ1n) is 15.3. The minimum absolute atomic E-state index is 0.103. The number of carboxylic acids is 3. The molecular weight excluding hydrogens is 482 g/mol. The molecule has 38 heavy (non-hydrogen) atoms. The number of rotatable bonds is 26. The summed E-state index contributed by atoms with van der Waals surface area (Å²) in [5.41, 5.74) is 0. The van der Waals surface area contributed by atoms with E-state index in [1.165, 1.54) is 117 Å². The zero-order valence-electron chi connectivity index (χ0n) is 24.8. The predicted octanol–water partition coefficient (Wildman–Crippen LogP) is 6.49. The van der Waals surface area contributed by atoms with E-state index in [0.29, 0.717) is 6.42 Å². The van der Waals surface area contributed by atoms with E-state index in [1.807, 2.05) is 12.2 Å². The summed E-state index contributed by atoms with van der Waals surface area (Å²) in [6, 6.07) is -3.65. The van der Waals surface area contributed by atoms with E-state index in [-0.39, 0.29) is 6.54 Å². The quantitative estimate of drug-likeness (QED) is 0.0738. The Labute approximate surface area is 232 Å². The van der Waals surface area contributed by atoms with E-state index in [9.17, 15) is 29.7 Å². The molecule has 7 nitrogen and oxygen atoms in total. The molecule has 0 heterocycles. The first kappa shape index (κ1) is 36.1. The zero-order valence-corrected chi connectivity index (χ0v) is 24.8. The van der Waals surface area contributed by atoms with Gasteiger partial charge in [0.25, 0.3) is 0 Å². The maximum Gasteiger partial charge on any atom is 0.362 e. The Morgan fingerprint density at radius 1 is 0.605 bits per heavy atom. The molecule has 0 saturated carbocycles. The first-order chi connectivity index (χ1) is 18.1. The average Bonchev–Trinajstić information content (AvgIpc) is 2.88. The molecule has 0 aromatic rings. The lowest BCUT2D eigenvalue weighted by atomic mass is 10.0. The number of hydrogen-bond acceptors (Lipinski definition) is 4. The van der Waals surface area contributed by atoms with Gasteiger partial charge in [-0.15, -0.1) is 0 Å². The third kappa shape index (κ3) is 14.3. The summed E-state index contributed by atoms with van der Waals surface area (Å²) in [4.78, 5) is 35.2. The van der Waals surface area contributed by atoms with E-state index >= 15 is 0 Å². The standard InChI is InChI=1S/C31H57NO6/c1-5-6-7-8-9-10-11-12-13-14-15-16-17-18-19-20-21-22-23-24-25-32(26(2)29(33)34,27(3)30(35)36)28(4)31(37)38/h22-23,26-28H,5-21,24-25H2,1-4H3,(H2-,33,34,35,36,37,38)/b23-22+. The van der Waals surface area contributed by atoms with Crippen LogP contribution in [0, 0.1) is 0 Å². The van der Waals surface area contributed by atoms with Gasteiger partial charge in [-0.25, -0.2) is 9.59 Å². The lowest BCUT2D eigenvalue weighted by Crippen LogP contribution is -2.71. The van der Waals surface area contributed by atoms with Gasteiger partial charge < -0.3 is 20.1 Å². The van der Waals surface area contributed by atoms with Crippen LogP contribution in [0.4, 0.5) is 0 Å². The number of carbonyl (C=O) groups is 3. The van der Waals surface area contributed by atoms with Crippen LogP contribution in [0.15, 0.2) is 12.2 Å². The molecule has 3 unspecified atom stereocenters. The number of carboxylic acid groups (broad SMARTS) is 3. The van der Waals surface area contributed by atoms with E-state index in [4.69, 9.17) is 0 Å². The second-order valence-corrected chi connectivity index (χ2v) is 11.1. The SMILES string of the molecule is CCCCCCCCCCCCCCCCCC/C=C/CC[N+](C(C)C(=O)[O-])(C(C)C(=O)O)C(C)C(=O)O. The van der Waals surface area contributed by atoms with Crippen LogP contribution in [0.1, 0.15) is 143 Å². The number of allylic oxidation sites excluding steroid dienone is 1. The van der Waals surface area contributed by atoms with Crippen LogP contribution in [-0.4, -0.2) is 57.3 Å². The summed E-state index contributed by atoms with van der Waals surface area (Å²) >= 11 is 0. The van der Waals surface area contributed by atoms with Crippen LogP contribution >= 0.6 is 0 Å². The van der Waals surface area contributed by atoms with Crippen molar-refractivity contribution in [2.45, 2.75) is 161 Å². The highest BCUT2D eigenvalue weighted by Crippen LogP contribution is 2.26. The second kappa shape index (κ2) is 22.0. The maximum atomic E-state index is 11.8. The lowest BCUT2D eigenvalue weighted by molar-refractivity contribution is -0.969. The minimum atomic E-state index is -1.44. The predicted molar refractivity (Wildman–Crippen MR) is 152 cm³/mol. The van der Waals surface area contributed by atoms with Crippen molar-refractivity contribution in [3.8, 4) is 0 Å². The number of quaternary nitrogens is 1. The van der Waals surface area contributed by atoms with Crippen LogP contribution in [0.2, 0.25) is 0 Å². The zero-order chi connectivity index (χ0) is 28.8. The van der Waals surface area contributed by atoms with Gasteiger partial charge >= 0.3 is 11.9 Å². The van der Waals surface area contributed by atoms with E-state index in [0.717, 1.165) is 12.8 Å². The third-order valence-electron chi connectivity index (χ3n) is 8.29. The highest BCUT2D eigenvalue weighted by atomic mass is 16.4. The van der Waals surface area contributed by atoms with Crippen molar-refractivity contribution in [2.24, 2.45) is 0 Å². The molecule has 0 radical (unpaired) electrons. The number of unbranched alkanes of at least 4 members (excludes halogenated alkanes) is 16. The summed E-state index contributed by atoms with van der Waals surface area (Å²) in [5.74, 6) is -3.88. The Morgan fingerprint density at radius 2 is 0.947 bits per heavy atom. The Hall–Kier alpha value is -1.89. The van der Waals surface area contributed by atoms with Gasteiger partial charge in [0.2, 0.25) is 0 Å². The van der Waals surface area contributed by atoms with Gasteiger partial charge in [0.1, 0.15) is 6.04 Å². The van der Waals surface area contributed by atoms with Gasteiger partial charge in [0.15, 0.2) is 12.1 Å². The highest BCUT2D eigenvalue weighted by Gasteiger charge is 2.50. The van der Waals surface area contributed by atoms with Crippen molar-refractivity contribution in [3.05, 3.63) is 12.2 Å². The summed E-state index contributed by atoms with van der Waals surface area (Å²) in [5, 5.41) is 30.9. The molecule has 0 aromatic heterocycles. The summed E-state index contributed by atoms with van der Waals surface area (Å²) in [7, 11) is 0. The topological polar surface area (TPSA) is 115 Å². The molecule has 0 aliphatic carbocycles. The highest BCUT2D eigenvalue weighted by molar-refractivity contribution is 5.76. The normalized spacial score (nSPS) is 15.7. The van der Waals surface area contributed by atoms with Crippen molar-refractivity contribution >= 4 is 17.9 Å². The summed E-state index contributed by atoms with van der Waals surface area (Å²) < 4.78 is -0.587. The molecule has 222 valence electrons. The number of aliphatic carboxylic acids is 3. The molecule has 7 heteroatoms. The fraction of sp³-hybridized carbons (Fsp3) is 0.839. The molecule has 0 spiro atoms. The first-order valence-corrected chi connectivity index (χ1v) is 15.3. The molecule has 2 N–H and O–H groups in total. The molecule has 0 bridgehead atoms. The van der Waals surface area contributed by atoms with E-state index in [1.54, 1.807) is 0 Å². The monoisotopic (exact) mass is 539 g/mol. The number of hydrogen-bond donors (Lipinski definition) is 2. The maximum absolute atomic E-state index is 11.8. The molecule has 0 rings (SSSR count). The van der Waals surface area contributed by atoms with Gasteiger partial charge in [-0.3, -0.25) is 4.48 Å². The van der Waals surface area contributed by atoms with Crippen LogP contribution < -0.4 is 5.11 Å². The number of nitrogens with zero attached hydrogens (tertiary/aromatic N) is 1. The van der Waals surface area contributed by atoms with Crippen LogP contribution in [0.5, 0.6) is 0 Å². The Kier molecular flexibility index (Phi) is 20.9. The smallest absolute Gasteiger partial charge is 0.362 e. The van der Waals surface area contributed by atoms with Gasteiger partial charge in [-0.05, 0) is 33.6 Å². The summed E-state index contributed by atoms with van der Waals surface area (Å²) in [6.07, 6.45) is 26.5. The Bertz CT molecular complexity index is 627. The molecular formula is C31H57NO6. The number of carbonyl (C=O) groups excluding carboxylic acids is 1. The van der Waals surface area contributed by atoms with Gasteiger partial charge in [0.05, 0.1) is 12.5 Å². The molecule has 0 aliphatic rings. The van der Waals surface area contributed by atoms with Crippen molar-refractivity contribution in [1.82, 2.24) is 0 Å². The van der Waals surface area contributed by atoms with Crippen molar-refractivity contribution in [3.63, 3.8) is 0 Å². The van der Waals surface area contributed by atoms with E-state index < -0.39 is 40.5 Å². The molecule has 0 amide bonds. The minimum Gasteiger partial charge on any atom is -0.544 e. The Morgan fingerprint density at radius 3 is 1.29 bits per heavy atom. The molecule has 0 saturated heterocycles. The summed E-state index contributed by atoms with van der Waals surface area (Å²) in [6.45, 7) is 6.46. The van der Waals surface area contributed by atoms with Crippen molar-refractivity contribution in [2.75, 3.05) is 6.54 Å². The molecule has 0 aromatic carbocycles. The van der Waals surface area contributed by atoms with Crippen molar-refractivity contribution in [1.29, 1.82) is 0 Å². The van der Waals surface area contributed by atoms with Gasteiger partial charge in [-0.2, -0.15) is 0 Å². The van der Waals surface area contributed by atoms with E-state index in [2.05, 4.69) is 6.92 Å². The molecule has 0 fully saturated rings. The lowest BCUT2D eigenvalue weighted by Gasteiger charge is -2.49. The average molecular weight is 540 g/mol. The fourth-order valence-electron chi connectivity index (χ4n) is 5.54. The second-order valence-electron chi connectivity index (χ2n) is 11.1. The fourth-order valence-corrected chi connectivity index (χ4v) is 5.54. The Balaban J connectivity index is 4.14. The van der Waals surface area contributed by atoms with Gasteiger partial charge in [0, 0.05) is 6.42 Å². The van der Waals surface area contributed by atoms with Crippen LogP contribution in [0.25, 0.3) is 0 Å². The van der Waals surface area contributed by atoms with Crippen LogP contribution in [0.3, 0.4) is 0 Å². The van der Waals surface area contributed by atoms with Crippen LogP contribution in [-0.2, 0) is 14.4 Å².